The van der Waals surface area contributed by atoms with Crippen LogP contribution in [0, 0.1) is 0 Å². The van der Waals surface area contributed by atoms with Crippen LogP contribution in [0.2, 0.25) is 0 Å². The molecule has 1 N–H and O–H groups in total. The Morgan fingerprint density at radius 3 is 2.47 bits per heavy atom. The van der Waals surface area contributed by atoms with Crippen molar-refractivity contribution >= 4 is 5.69 Å². The Balaban J connectivity index is 1.74. The zero-order valence-corrected chi connectivity index (χ0v) is 11.7. The zero-order chi connectivity index (χ0) is 13.3. The lowest BCUT2D eigenvalue weighted by atomic mass is 9.92. The van der Waals surface area contributed by atoms with E-state index in [1.54, 1.807) is 0 Å². The summed E-state index contributed by atoms with van der Waals surface area (Å²) in [6.07, 6.45) is 1.84. The van der Waals surface area contributed by atoms with Gasteiger partial charge in [-0.2, -0.15) is 0 Å². The van der Waals surface area contributed by atoms with Crippen LogP contribution in [-0.4, -0.2) is 39.6 Å². The highest BCUT2D eigenvalue weighted by molar-refractivity contribution is 5.46. The van der Waals surface area contributed by atoms with Crippen molar-refractivity contribution in [2.45, 2.75) is 24.7 Å². The molecule has 2 fully saturated rings. The molecule has 4 heteroatoms. The molecular weight excluding hydrogens is 240 g/mol. The van der Waals surface area contributed by atoms with Gasteiger partial charge in [0.1, 0.15) is 0 Å². The molecule has 19 heavy (non-hydrogen) atoms. The van der Waals surface area contributed by atoms with E-state index in [-0.39, 0.29) is 5.79 Å². The largest absolute Gasteiger partial charge is 0.378 e. The molecule has 104 valence electrons. The van der Waals surface area contributed by atoms with E-state index in [9.17, 15) is 0 Å². The van der Waals surface area contributed by atoms with Crippen molar-refractivity contribution in [3.05, 3.63) is 29.8 Å². The van der Waals surface area contributed by atoms with E-state index >= 15 is 0 Å². The molecule has 1 aromatic rings. The highest BCUT2D eigenvalue weighted by Crippen LogP contribution is 2.36. The summed E-state index contributed by atoms with van der Waals surface area (Å²) >= 11 is 0. The Kier molecular flexibility index (Phi) is 3.48. The summed E-state index contributed by atoms with van der Waals surface area (Å²) < 4.78 is 11.6. The third kappa shape index (κ3) is 2.61. The fourth-order valence-electron chi connectivity index (χ4n) is 2.92. The van der Waals surface area contributed by atoms with Crippen molar-refractivity contribution in [2.75, 3.05) is 38.8 Å². The Morgan fingerprint density at radius 2 is 1.84 bits per heavy atom. The lowest BCUT2D eigenvalue weighted by Crippen LogP contribution is -2.44. The van der Waals surface area contributed by atoms with Crippen molar-refractivity contribution in [3.8, 4) is 0 Å². The van der Waals surface area contributed by atoms with E-state index in [4.69, 9.17) is 9.47 Å². The van der Waals surface area contributed by atoms with Crippen LogP contribution in [0.15, 0.2) is 24.3 Å². The first-order chi connectivity index (χ1) is 9.19. The van der Waals surface area contributed by atoms with E-state index in [2.05, 4.69) is 48.6 Å². The highest BCUT2D eigenvalue weighted by Gasteiger charge is 2.41. The number of hydrogen-bond donors (Lipinski definition) is 1. The van der Waals surface area contributed by atoms with Crippen molar-refractivity contribution in [1.82, 2.24) is 5.32 Å². The van der Waals surface area contributed by atoms with Crippen LogP contribution >= 0.6 is 0 Å². The van der Waals surface area contributed by atoms with Gasteiger partial charge in [0.2, 0.25) is 0 Å². The van der Waals surface area contributed by atoms with Crippen LogP contribution in [0.25, 0.3) is 0 Å². The average Bonchev–Trinajstić information content (AvgIpc) is 2.87. The lowest BCUT2D eigenvalue weighted by Gasteiger charge is -2.37. The summed E-state index contributed by atoms with van der Waals surface area (Å²) in [6, 6.07) is 9.04. The number of nitrogens with zero attached hydrogens (tertiary/aromatic N) is 1. The summed E-state index contributed by atoms with van der Waals surface area (Å²) in [5.41, 5.74) is 2.53. The van der Waals surface area contributed by atoms with Gasteiger partial charge in [0.05, 0.1) is 13.2 Å². The third-order valence-corrected chi connectivity index (χ3v) is 4.04. The number of benzene rings is 1. The quantitative estimate of drug-likeness (QED) is 0.883. The van der Waals surface area contributed by atoms with E-state index in [0.717, 1.165) is 32.6 Å². The van der Waals surface area contributed by atoms with Crippen molar-refractivity contribution in [2.24, 2.45) is 0 Å². The fraction of sp³-hybridized carbons (Fsp3) is 0.600. The summed E-state index contributed by atoms with van der Waals surface area (Å²) in [4.78, 5) is 2.11. The van der Waals surface area contributed by atoms with Gasteiger partial charge < -0.3 is 19.7 Å². The van der Waals surface area contributed by atoms with Crippen LogP contribution in [-0.2, 0) is 9.47 Å². The predicted octanol–water partition coefficient (Wildman–Crippen LogP) is 1.92. The number of nitrogens with one attached hydrogen (secondary N) is 1. The standard InChI is InChI=1S/C15H22N2O2/c1-17(2)13-5-3-12(4-6-13)14-11-15(7-8-16-14)18-9-10-19-15/h3-6,14,16H,7-11H2,1-2H3. The molecule has 2 heterocycles. The monoisotopic (exact) mass is 262 g/mol. The molecule has 0 radical (unpaired) electrons. The molecule has 0 aliphatic carbocycles. The normalized spacial score (nSPS) is 25.7. The SMILES string of the molecule is CN(C)c1ccc(C2CC3(CCN2)OCCO3)cc1. The Hall–Kier alpha value is -1.10. The van der Waals surface area contributed by atoms with E-state index < -0.39 is 0 Å². The third-order valence-electron chi connectivity index (χ3n) is 4.04. The molecule has 2 saturated heterocycles. The molecule has 0 amide bonds. The minimum atomic E-state index is -0.337. The van der Waals surface area contributed by atoms with Crippen LogP contribution in [0.3, 0.4) is 0 Å². The van der Waals surface area contributed by atoms with Gasteiger partial charge in [-0.1, -0.05) is 12.1 Å². The van der Waals surface area contributed by atoms with Gasteiger partial charge >= 0.3 is 0 Å². The Bertz CT molecular complexity index is 424. The molecule has 0 saturated carbocycles. The van der Waals surface area contributed by atoms with Gasteiger partial charge in [0.25, 0.3) is 0 Å². The second kappa shape index (κ2) is 5.12. The minimum Gasteiger partial charge on any atom is -0.378 e. The Labute approximate surface area is 114 Å². The van der Waals surface area contributed by atoms with E-state index in [1.807, 2.05) is 0 Å². The summed E-state index contributed by atoms with van der Waals surface area (Å²) in [6.45, 7) is 2.40. The van der Waals surface area contributed by atoms with Crippen molar-refractivity contribution < 1.29 is 9.47 Å². The molecule has 0 aromatic heterocycles. The molecule has 3 rings (SSSR count). The second-order valence-corrected chi connectivity index (χ2v) is 5.55. The first-order valence-corrected chi connectivity index (χ1v) is 6.97. The molecule has 1 aromatic carbocycles. The second-order valence-electron chi connectivity index (χ2n) is 5.55. The average molecular weight is 262 g/mol. The van der Waals surface area contributed by atoms with Gasteiger partial charge in [0, 0.05) is 45.2 Å². The van der Waals surface area contributed by atoms with Crippen molar-refractivity contribution in [1.29, 1.82) is 0 Å². The number of hydrogen-bond acceptors (Lipinski definition) is 4. The van der Waals surface area contributed by atoms with Crippen LogP contribution in [0.1, 0.15) is 24.4 Å². The first kappa shape index (κ1) is 12.9. The molecule has 1 atom stereocenters. The molecular formula is C15H22N2O2. The maximum absolute atomic E-state index is 5.82. The van der Waals surface area contributed by atoms with E-state index in [0.29, 0.717) is 6.04 Å². The summed E-state index contributed by atoms with van der Waals surface area (Å²) in [5.74, 6) is -0.337. The maximum atomic E-state index is 5.82. The number of piperidine rings is 1. The number of rotatable bonds is 2. The van der Waals surface area contributed by atoms with Gasteiger partial charge in [-0.3, -0.25) is 0 Å². The molecule has 4 nitrogen and oxygen atoms in total. The minimum absolute atomic E-state index is 0.322. The summed E-state index contributed by atoms with van der Waals surface area (Å²) in [7, 11) is 4.12. The Morgan fingerprint density at radius 1 is 1.16 bits per heavy atom. The number of ether oxygens (including phenoxy) is 2. The maximum Gasteiger partial charge on any atom is 0.171 e. The number of anilines is 1. The predicted molar refractivity (Wildman–Crippen MR) is 75.4 cm³/mol. The zero-order valence-electron chi connectivity index (χ0n) is 11.7. The van der Waals surface area contributed by atoms with E-state index in [1.165, 1.54) is 11.3 Å². The topological polar surface area (TPSA) is 33.7 Å². The van der Waals surface area contributed by atoms with Gasteiger partial charge in [-0.05, 0) is 17.7 Å². The van der Waals surface area contributed by atoms with Crippen LogP contribution in [0.5, 0.6) is 0 Å². The summed E-state index contributed by atoms with van der Waals surface area (Å²) in [5, 5.41) is 3.56. The van der Waals surface area contributed by atoms with Gasteiger partial charge in [0.15, 0.2) is 5.79 Å². The fourth-order valence-corrected chi connectivity index (χ4v) is 2.92. The molecule has 1 spiro atoms. The van der Waals surface area contributed by atoms with Crippen LogP contribution in [0.4, 0.5) is 5.69 Å². The van der Waals surface area contributed by atoms with Crippen LogP contribution < -0.4 is 10.2 Å². The first-order valence-electron chi connectivity index (χ1n) is 6.97. The highest BCUT2D eigenvalue weighted by atomic mass is 16.7. The molecule has 1 unspecified atom stereocenters. The molecule has 0 bridgehead atoms. The lowest BCUT2D eigenvalue weighted by molar-refractivity contribution is -0.180. The molecule has 2 aliphatic heterocycles. The van der Waals surface area contributed by atoms with Gasteiger partial charge in [-0.25, -0.2) is 0 Å². The van der Waals surface area contributed by atoms with Crippen molar-refractivity contribution in [3.63, 3.8) is 0 Å². The molecule has 2 aliphatic rings. The smallest absolute Gasteiger partial charge is 0.171 e. The van der Waals surface area contributed by atoms with Gasteiger partial charge in [-0.15, -0.1) is 0 Å².